The van der Waals surface area contributed by atoms with Crippen LogP contribution in [0.15, 0.2) is 65.8 Å². The number of pyridine rings is 1. The van der Waals surface area contributed by atoms with Crippen molar-refractivity contribution >= 4 is 15.7 Å². The van der Waals surface area contributed by atoms with E-state index in [2.05, 4.69) is 14.9 Å². The fourth-order valence-corrected chi connectivity index (χ4v) is 4.72. The van der Waals surface area contributed by atoms with Crippen molar-refractivity contribution < 1.29 is 22.7 Å². The fourth-order valence-electron chi connectivity index (χ4n) is 3.70. The van der Waals surface area contributed by atoms with Crippen molar-refractivity contribution in [3.8, 4) is 16.9 Å². The Kier molecular flexibility index (Phi) is 6.68. The third-order valence-corrected chi connectivity index (χ3v) is 6.82. The standard InChI is InChI=1S/C23H23FN4O4S/c1-32-22-4-2-3-21(24)20(22)12-8-17-7-11-19(23-27-25-15-28(17)23)16-5-9-18(10-6-16)33(30,31)26-13-14-29/h2-7,9-11,15,26,29H,8,12-14H2,1H3. The normalized spacial score (nSPS) is 11.7. The van der Waals surface area contributed by atoms with Crippen LogP contribution in [0.4, 0.5) is 4.39 Å². The molecular weight excluding hydrogens is 447 g/mol. The van der Waals surface area contributed by atoms with Crippen LogP contribution >= 0.6 is 0 Å². The predicted molar refractivity (Wildman–Crippen MR) is 121 cm³/mol. The molecule has 4 aromatic rings. The summed E-state index contributed by atoms with van der Waals surface area (Å²) in [6.07, 6.45) is 2.58. The molecule has 8 nitrogen and oxygen atoms in total. The minimum atomic E-state index is -3.69. The largest absolute Gasteiger partial charge is 0.496 e. The second kappa shape index (κ2) is 9.65. The van der Waals surface area contributed by atoms with Crippen LogP contribution in [0.1, 0.15) is 11.3 Å². The van der Waals surface area contributed by atoms with Crippen LogP contribution in [-0.2, 0) is 22.9 Å². The summed E-state index contributed by atoms with van der Waals surface area (Å²) in [6.45, 7) is -0.330. The molecule has 0 aliphatic heterocycles. The van der Waals surface area contributed by atoms with Crippen LogP contribution in [0, 0.1) is 5.82 Å². The van der Waals surface area contributed by atoms with Crippen LogP contribution in [0.3, 0.4) is 0 Å². The Morgan fingerprint density at radius 2 is 1.88 bits per heavy atom. The molecule has 172 valence electrons. The van der Waals surface area contributed by atoms with Crippen LogP contribution < -0.4 is 9.46 Å². The summed E-state index contributed by atoms with van der Waals surface area (Å²) >= 11 is 0. The van der Waals surface area contributed by atoms with Gasteiger partial charge < -0.3 is 9.84 Å². The highest BCUT2D eigenvalue weighted by atomic mass is 32.2. The zero-order valence-electron chi connectivity index (χ0n) is 17.9. The first-order valence-corrected chi connectivity index (χ1v) is 11.8. The molecule has 0 bridgehead atoms. The van der Waals surface area contributed by atoms with E-state index in [0.29, 0.717) is 29.8 Å². The molecule has 0 spiro atoms. The summed E-state index contributed by atoms with van der Waals surface area (Å²) in [6, 6.07) is 15.0. The van der Waals surface area contributed by atoms with E-state index in [1.165, 1.54) is 25.3 Å². The Morgan fingerprint density at radius 3 is 2.61 bits per heavy atom. The van der Waals surface area contributed by atoms with Crippen LogP contribution in [-0.4, -0.2) is 48.4 Å². The fraction of sp³-hybridized carbons (Fsp3) is 0.217. The Balaban J connectivity index is 1.61. The van der Waals surface area contributed by atoms with Crippen molar-refractivity contribution in [2.75, 3.05) is 20.3 Å². The number of hydrogen-bond donors (Lipinski definition) is 2. The Bertz CT molecular complexity index is 1370. The van der Waals surface area contributed by atoms with Gasteiger partial charge in [-0.2, -0.15) is 0 Å². The van der Waals surface area contributed by atoms with Crippen molar-refractivity contribution in [3.05, 3.63) is 78.0 Å². The molecule has 2 heterocycles. The molecule has 0 fully saturated rings. The molecule has 0 aliphatic carbocycles. The highest BCUT2D eigenvalue weighted by Crippen LogP contribution is 2.27. The highest BCUT2D eigenvalue weighted by Gasteiger charge is 2.16. The average Bonchev–Trinajstić information content (AvgIpc) is 3.32. The van der Waals surface area contributed by atoms with E-state index in [4.69, 9.17) is 9.84 Å². The lowest BCUT2D eigenvalue weighted by molar-refractivity contribution is 0.301. The van der Waals surface area contributed by atoms with E-state index in [1.54, 1.807) is 30.6 Å². The molecule has 4 rings (SSSR count). The van der Waals surface area contributed by atoms with E-state index in [9.17, 15) is 12.8 Å². The highest BCUT2D eigenvalue weighted by molar-refractivity contribution is 7.89. The second-order valence-corrected chi connectivity index (χ2v) is 9.10. The third kappa shape index (κ3) is 4.72. The van der Waals surface area contributed by atoms with E-state index < -0.39 is 10.0 Å². The number of methoxy groups -OCH3 is 1. The van der Waals surface area contributed by atoms with Crippen molar-refractivity contribution in [3.63, 3.8) is 0 Å². The quantitative estimate of drug-likeness (QED) is 0.390. The van der Waals surface area contributed by atoms with Gasteiger partial charge in [0.25, 0.3) is 0 Å². The zero-order valence-corrected chi connectivity index (χ0v) is 18.7. The van der Waals surface area contributed by atoms with Gasteiger partial charge in [-0.05, 0) is 54.8 Å². The van der Waals surface area contributed by atoms with Crippen molar-refractivity contribution in [1.29, 1.82) is 0 Å². The van der Waals surface area contributed by atoms with Gasteiger partial charge in [0.05, 0.1) is 18.6 Å². The maximum absolute atomic E-state index is 14.3. The molecule has 33 heavy (non-hydrogen) atoms. The number of nitrogens with one attached hydrogen (secondary N) is 1. The summed E-state index contributed by atoms with van der Waals surface area (Å²) in [7, 11) is -2.17. The number of ether oxygens (including phenoxy) is 1. The molecule has 2 N–H and O–H groups in total. The molecule has 0 saturated heterocycles. The maximum Gasteiger partial charge on any atom is 0.240 e. The van der Waals surface area contributed by atoms with Gasteiger partial charge in [-0.3, -0.25) is 4.40 Å². The number of halogens is 1. The van der Waals surface area contributed by atoms with Crippen LogP contribution in [0.25, 0.3) is 16.8 Å². The first-order chi connectivity index (χ1) is 15.9. The number of rotatable bonds is 9. The summed E-state index contributed by atoms with van der Waals surface area (Å²) in [5, 5.41) is 17.1. The monoisotopic (exact) mass is 470 g/mol. The van der Waals surface area contributed by atoms with E-state index in [0.717, 1.165) is 16.8 Å². The van der Waals surface area contributed by atoms with Gasteiger partial charge in [-0.1, -0.05) is 18.2 Å². The van der Waals surface area contributed by atoms with Crippen molar-refractivity contribution in [2.45, 2.75) is 17.7 Å². The predicted octanol–water partition coefficient (Wildman–Crippen LogP) is 2.60. The smallest absolute Gasteiger partial charge is 0.240 e. The number of aliphatic hydroxyl groups excluding tert-OH is 1. The Morgan fingerprint density at radius 1 is 1.09 bits per heavy atom. The number of nitrogens with zero attached hydrogens (tertiary/aromatic N) is 3. The van der Waals surface area contributed by atoms with Gasteiger partial charge in [0.15, 0.2) is 5.65 Å². The maximum atomic E-state index is 14.3. The number of aliphatic hydroxyl groups is 1. The minimum absolute atomic E-state index is 0.0509. The minimum Gasteiger partial charge on any atom is -0.496 e. The SMILES string of the molecule is COc1cccc(F)c1CCc1ccc(-c2ccc(S(=O)(=O)NCCO)cc2)c2nncn12. The lowest BCUT2D eigenvalue weighted by Crippen LogP contribution is -2.26. The molecule has 0 aliphatic rings. The first-order valence-electron chi connectivity index (χ1n) is 10.3. The lowest BCUT2D eigenvalue weighted by atomic mass is 10.0. The molecular formula is C23H23FN4O4S. The van der Waals surface area contributed by atoms with Gasteiger partial charge in [0.1, 0.15) is 17.9 Å². The Hall–Kier alpha value is -3.34. The number of fused-ring (bicyclic) bond motifs is 1. The van der Waals surface area contributed by atoms with Gasteiger partial charge in [0, 0.05) is 23.4 Å². The third-order valence-electron chi connectivity index (χ3n) is 5.35. The Labute approximate surface area is 190 Å². The van der Waals surface area contributed by atoms with Gasteiger partial charge in [-0.25, -0.2) is 17.5 Å². The number of aromatic nitrogens is 3. The number of aryl methyl sites for hydroxylation is 1. The molecule has 2 aromatic heterocycles. The zero-order chi connectivity index (χ0) is 23.4. The molecule has 0 atom stereocenters. The van der Waals surface area contributed by atoms with E-state index >= 15 is 0 Å². The van der Waals surface area contributed by atoms with E-state index in [-0.39, 0.29) is 23.9 Å². The number of benzene rings is 2. The first kappa shape index (κ1) is 22.8. The topological polar surface area (TPSA) is 106 Å². The summed E-state index contributed by atoms with van der Waals surface area (Å²) in [5.41, 5.74) is 3.58. The summed E-state index contributed by atoms with van der Waals surface area (Å²) < 4.78 is 48.2. The van der Waals surface area contributed by atoms with Crippen molar-refractivity contribution in [1.82, 2.24) is 19.3 Å². The molecule has 2 aromatic carbocycles. The van der Waals surface area contributed by atoms with Gasteiger partial charge >= 0.3 is 0 Å². The molecule has 0 amide bonds. The molecule has 0 unspecified atom stereocenters. The van der Waals surface area contributed by atoms with Gasteiger partial charge in [0.2, 0.25) is 10.0 Å². The molecule has 10 heteroatoms. The number of sulfonamides is 1. The van der Waals surface area contributed by atoms with Crippen LogP contribution in [0.5, 0.6) is 5.75 Å². The van der Waals surface area contributed by atoms with Gasteiger partial charge in [-0.15, -0.1) is 10.2 Å². The van der Waals surface area contributed by atoms with E-state index in [1.807, 2.05) is 16.5 Å². The second-order valence-electron chi connectivity index (χ2n) is 7.33. The average molecular weight is 471 g/mol. The summed E-state index contributed by atoms with van der Waals surface area (Å²) in [4.78, 5) is 0.104. The summed E-state index contributed by atoms with van der Waals surface area (Å²) in [5.74, 6) is 0.199. The number of hydrogen-bond acceptors (Lipinski definition) is 6. The lowest BCUT2D eigenvalue weighted by Gasteiger charge is -2.12. The molecule has 0 saturated carbocycles. The molecule has 0 radical (unpaired) electrons. The van der Waals surface area contributed by atoms with Crippen molar-refractivity contribution in [2.24, 2.45) is 0 Å². The van der Waals surface area contributed by atoms with Crippen LogP contribution in [0.2, 0.25) is 0 Å².